The van der Waals surface area contributed by atoms with Gasteiger partial charge in [0.15, 0.2) is 0 Å². The Kier molecular flexibility index (Phi) is 3.81. The van der Waals surface area contributed by atoms with Gasteiger partial charge in [-0.2, -0.15) is 13.2 Å². The van der Waals surface area contributed by atoms with Gasteiger partial charge in [0.05, 0.1) is 0 Å². The van der Waals surface area contributed by atoms with Crippen LogP contribution in [0.4, 0.5) is 13.2 Å². The standard InChI is InChI=1S/C12H18F3N/c1-11(2,3)9-5-7-16-10(8-9)4-6-12(13,14)15/h5,7,9H,4,6,8H2,1-3H3. The van der Waals surface area contributed by atoms with Crippen molar-refractivity contribution in [1.29, 1.82) is 0 Å². The molecule has 1 heterocycles. The van der Waals surface area contributed by atoms with E-state index >= 15 is 0 Å². The summed E-state index contributed by atoms with van der Waals surface area (Å²) < 4.78 is 36.2. The number of allylic oxidation sites excluding steroid dienone is 1. The van der Waals surface area contributed by atoms with Crippen LogP contribution in [0.2, 0.25) is 0 Å². The fourth-order valence-electron chi connectivity index (χ4n) is 1.67. The molecule has 1 aliphatic heterocycles. The average molecular weight is 233 g/mol. The molecule has 0 aromatic carbocycles. The molecule has 1 atom stereocenters. The predicted molar refractivity (Wildman–Crippen MR) is 59.4 cm³/mol. The highest BCUT2D eigenvalue weighted by atomic mass is 19.4. The van der Waals surface area contributed by atoms with Crippen molar-refractivity contribution in [2.75, 3.05) is 0 Å². The summed E-state index contributed by atoms with van der Waals surface area (Å²) in [5.74, 6) is 0.285. The minimum absolute atomic E-state index is 0.0282. The summed E-state index contributed by atoms with van der Waals surface area (Å²) in [5, 5.41) is 0. The van der Waals surface area contributed by atoms with Crippen molar-refractivity contribution in [3.63, 3.8) is 0 Å². The topological polar surface area (TPSA) is 12.4 Å². The molecular formula is C12H18F3N. The zero-order valence-corrected chi connectivity index (χ0v) is 9.93. The highest BCUT2D eigenvalue weighted by Gasteiger charge is 2.30. The van der Waals surface area contributed by atoms with Crippen LogP contribution in [0.3, 0.4) is 0 Å². The van der Waals surface area contributed by atoms with Gasteiger partial charge in [0.2, 0.25) is 0 Å². The number of aliphatic imine (C=N–C) groups is 1. The molecule has 4 heteroatoms. The van der Waals surface area contributed by atoms with Gasteiger partial charge >= 0.3 is 6.18 Å². The van der Waals surface area contributed by atoms with Crippen LogP contribution in [0.25, 0.3) is 0 Å². The quantitative estimate of drug-likeness (QED) is 0.672. The number of hydrogen-bond acceptors (Lipinski definition) is 1. The molecule has 92 valence electrons. The number of halogens is 3. The monoisotopic (exact) mass is 233 g/mol. The second-order valence-corrected chi connectivity index (χ2v) is 5.33. The smallest absolute Gasteiger partial charge is 0.266 e. The van der Waals surface area contributed by atoms with Gasteiger partial charge in [-0.3, -0.25) is 4.99 Å². The minimum atomic E-state index is -4.08. The molecule has 1 aliphatic rings. The van der Waals surface area contributed by atoms with Crippen molar-refractivity contribution in [2.45, 2.75) is 46.2 Å². The average Bonchev–Trinajstić information content (AvgIpc) is 2.13. The number of hydrogen-bond donors (Lipinski definition) is 0. The normalized spacial score (nSPS) is 22.1. The lowest BCUT2D eigenvalue weighted by Gasteiger charge is -2.30. The lowest BCUT2D eigenvalue weighted by molar-refractivity contribution is -0.132. The van der Waals surface area contributed by atoms with Gasteiger partial charge < -0.3 is 0 Å². The zero-order chi connectivity index (χ0) is 12.4. The first-order valence-electron chi connectivity index (χ1n) is 5.47. The van der Waals surface area contributed by atoms with Crippen molar-refractivity contribution in [3.8, 4) is 0 Å². The van der Waals surface area contributed by atoms with Gasteiger partial charge in [0, 0.05) is 18.3 Å². The minimum Gasteiger partial charge on any atom is -0.266 e. The molecule has 1 rings (SSSR count). The number of nitrogens with zero attached hydrogens (tertiary/aromatic N) is 1. The van der Waals surface area contributed by atoms with Crippen molar-refractivity contribution in [1.82, 2.24) is 0 Å². The number of rotatable bonds is 2. The Hall–Kier alpha value is -0.800. The Morgan fingerprint density at radius 1 is 1.31 bits per heavy atom. The molecule has 0 saturated carbocycles. The molecule has 0 saturated heterocycles. The highest BCUT2D eigenvalue weighted by molar-refractivity contribution is 5.86. The molecule has 16 heavy (non-hydrogen) atoms. The maximum absolute atomic E-state index is 12.1. The Morgan fingerprint density at radius 2 is 1.94 bits per heavy atom. The van der Waals surface area contributed by atoms with E-state index in [0.717, 1.165) is 0 Å². The molecule has 0 aromatic rings. The van der Waals surface area contributed by atoms with E-state index < -0.39 is 12.6 Å². The van der Waals surface area contributed by atoms with Crippen LogP contribution >= 0.6 is 0 Å². The molecule has 0 bridgehead atoms. The summed E-state index contributed by atoms with van der Waals surface area (Å²) in [7, 11) is 0. The molecule has 0 spiro atoms. The van der Waals surface area contributed by atoms with Gasteiger partial charge in [-0.15, -0.1) is 0 Å². The van der Waals surface area contributed by atoms with Crippen LogP contribution in [0.5, 0.6) is 0 Å². The number of alkyl halides is 3. The van der Waals surface area contributed by atoms with Gasteiger partial charge in [-0.1, -0.05) is 26.8 Å². The molecule has 0 aliphatic carbocycles. The van der Waals surface area contributed by atoms with E-state index in [-0.39, 0.29) is 17.8 Å². The van der Waals surface area contributed by atoms with Crippen LogP contribution in [0.15, 0.2) is 17.3 Å². The highest BCUT2D eigenvalue weighted by Crippen LogP contribution is 2.33. The predicted octanol–water partition coefficient (Wildman–Crippen LogP) is 4.35. The summed E-state index contributed by atoms with van der Waals surface area (Å²) in [6.45, 7) is 6.28. The van der Waals surface area contributed by atoms with Crippen molar-refractivity contribution in [2.24, 2.45) is 16.3 Å². The van der Waals surface area contributed by atoms with Crippen molar-refractivity contribution in [3.05, 3.63) is 12.3 Å². The van der Waals surface area contributed by atoms with E-state index in [1.807, 2.05) is 6.08 Å². The zero-order valence-electron chi connectivity index (χ0n) is 9.93. The molecule has 1 unspecified atom stereocenters. The van der Waals surface area contributed by atoms with E-state index in [1.54, 1.807) is 6.20 Å². The first-order valence-corrected chi connectivity index (χ1v) is 5.47. The summed E-state index contributed by atoms with van der Waals surface area (Å²) in [6.07, 6.45) is -0.545. The molecule has 0 amide bonds. The Labute approximate surface area is 94.5 Å². The molecule has 0 N–H and O–H groups in total. The van der Waals surface area contributed by atoms with Gasteiger partial charge in [-0.05, 0) is 24.2 Å². The summed E-state index contributed by atoms with van der Waals surface area (Å²) in [4.78, 5) is 4.03. The molecule has 0 fully saturated rings. The van der Waals surface area contributed by atoms with Crippen LogP contribution in [-0.2, 0) is 0 Å². The van der Waals surface area contributed by atoms with Crippen LogP contribution in [0, 0.1) is 11.3 Å². The largest absolute Gasteiger partial charge is 0.389 e. The Balaban J connectivity index is 2.53. The van der Waals surface area contributed by atoms with E-state index in [9.17, 15) is 13.2 Å². The van der Waals surface area contributed by atoms with Crippen LogP contribution in [0.1, 0.15) is 40.0 Å². The molecule has 0 aromatic heterocycles. The summed E-state index contributed by atoms with van der Waals surface area (Å²) in [5.41, 5.74) is 0.746. The van der Waals surface area contributed by atoms with E-state index in [4.69, 9.17) is 0 Å². The van der Waals surface area contributed by atoms with E-state index in [0.29, 0.717) is 12.1 Å². The first-order chi connectivity index (χ1) is 7.18. The maximum Gasteiger partial charge on any atom is 0.389 e. The van der Waals surface area contributed by atoms with Gasteiger partial charge in [-0.25, -0.2) is 0 Å². The third-order valence-corrected chi connectivity index (χ3v) is 2.84. The summed E-state index contributed by atoms with van der Waals surface area (Å²) in [6, 6.07) is 0. The van der Waals surface area contributed by atoms with Crippen LogP contribution in [-0.4, -0.2) is 11.9 Å². The second-order valence-electron chi connectivity index (χ2n) is 5.33. The van der Waals surface area contributed by atoms with E-state index in [1.165, 1.54) is 0 Å². The van der Waals surface area contributed by atoms with Crippen molar-refractivity contribution < 1.29 is 13.2 Å². The summed E-state index contributed by atoms with van der Waals surface area (Å²) >= 11 is 0. The lowest BCUT2D eigenvalue weighted by Crippen LogP contribution is -2.24. The first kappa shape index (κ1) is 13.3. The Morgan fingerprint density at radius 3 is 2.44 bits per heavy atom. The maximum atomic E-state index is 12.1. The Bertz CT molecular complexity index is 294. The SMILES string of the molecule is CC(C)(C)C1C=CN=C(CCC(F)(F)F)C1. The van der Waals surface area contributed by atoms with Gasteiger partial charge in [0.25, 0.3) is 0 Å². The van der Waals surface area contributed by atoms with Gasteiger partial charge in [0.1, 0.15) is 0 Å². The fraction of sp³-hybridized carbons (Fsp3) is 0.750. The lowest BCUT2D eigenvalue weighted by atomic mass is 9.76. The molecular weight excluding hydrogens is 215 g/mol. The third-order valence-electron chi connectivity index (χ3n) is 2.84. The molecule has 0 radical (unpaired) electrons. The molecule has 1 nitrogen and oxygen atoms in total. The third kappa shape index (κ3) is 4.37. The van der Waals surface area contributed by atoms with E-state index in [2.05, 4.69) is 25.8 Å². The fourth-order valence-corrected chi connectivity index (χ4v) is 1.67. The van der Waals surface area contributed by atoms with Crippen LogP contribution < -0.4 is 0 Å². The van der Waals surface area contributed by atoms with Crippen molar-refractivity contribution >= 4 is 5.71 Å². The second kappa shape index (κ2) is 4.60.